The van der Waals surface area contributed by atoms with Crippen LogP contribution in [0.4, 0.5) is 5.95 Å². The summed E-state index contributed by atoms with van der Waals surface area (Å²) in [6, 6.07) is 5.52. The molecule has 0 saturated heterocycles. The number of pyridine rings is 1. The van der Waals surface area contributed by atoms with Crippen LogP contribution in [0.15, 0.2) is 42.6 Å². The molecule has 8 nitrogen and oxygen atoms in total. The van der Waals surface area contributed by atoms with Crippen LogP contribution in [0.25, 0.3) is 16.9 Å². The molecule has 0 aromatic carbocycles. The fourth-order valence-electron chi connectivity index (χ4n) is 3.02. The molecule has 0 atom stereocenters. The third-order valence-corrected chi connectivity index (χ3v) is 4.50. The fourth-order valence-corrected chi connectivity index (χ4v) is 3.02. The summed E-state index contributed by atoms with van der Waals surface area (Å²) in [6.07, 6.45) is 7.96. The Kier molecular flexibility index (Phi) is 4.70. The highest BCUT2D eigenvalue weighted by atomic mass is 16.5. The van der Waals surface area contributed by atoms with Crippen molar-refractivity contribution in [3.05, 3.63) is 48.3 Å². The van der Waals surface area contributed by atoms with E-state index >= 15 is 0 Å². The molecule has 150 valence electrons. The molecule has 3 heterocycles. The summed E-state index contributed by atoms with van der Waals surface area (Å²) in [5.74, 6) is 0.864. The van der Waals surface area contributed by atoms with Crippen LogP contribution in [0.1, 0.15) is 32.9 Å². The van der Waals surface area contributed by atoms with Crippen molar-refractivity contribution in [2.75, 3.05) is 5.32 Å². The first-order valence-corrected chi connectivity index (χ1v) is 9.48. The van der Waals surface area contributed by atoms with E-state index in [0.717, 1.165) is 11.4 Å². The molecule has 1 aliphatic carbocycles. The van der Waals surface area contributed by atoms with Gasteiger partial charge in [0.2, 0.25) is 17.7 Å². The SMILES string of the molecule is Cn1nccc1COc1ccc2nc(NC(=O)CC(C)(C)C)n(C3=CC=C3)c2n1. The van der Waals surface area contributed by atoms with Gasteiger partial charge in [0.05, 0.1) is 11.4 Å². The van der Waals surface area contributed by atoms with Gasteiger partial charge in [-0.3, -0.25) is 19.4 Å². The molecule has 0 radical (unpaired) electrons. The van der Waals surface area contributed by atoms with Crippen LogP contribution in [-0.4, -0.2) is 30.2 Å². The number of carbonyl (C=O) groups is 1. The standard InChI is InChI=1S/C21H24N6O2/c1-21(2,3)12-17(28)24-20-23-16-8-9-18(29-13-15-10-11-22-26(15)4)25-19(16)27(20)14-6-5-7-14/h5-11H,12-13H2,1-4H3,(H,23,24,28). The van der Waals surface area contributed by atoms with Crippen LogP contribution >= 0.6 is 0 Å². The lowest BCUT2D eigenvalue weighted by molar-refractivity contribution is -0.117. The van der Waals surface area contributed by atoms with E-state index in [-0.39, 0.29) is 11.3 Å². The zero-order chi connectivity index (χ0) is 20.6. The van der Waals surface area contributed by atoms with Gasteiger partial charge in [-0.25, -0.2) is 4.98 Å². The van der Waals surface area contributed by atoms with Crippen LogP contribution in [-0.2, 0) is 18.4 Å². The van der Waals surface area contributed by atoms with Crippen molar-refractivity contribution >= 4 is 28.7 Å². The van der Waals surface area contributed by atoms with Crippen molar-refractivity contribution in [2.45, 2.75) is 33.8 Å². The lowest BCUT2D eigenvalue weighted by Gasteiger charge is -2.18. The Morgan fingerprint density at radius 2 is 2.00 bits per heavy atom. The van der Waals surface area contributed by atoms with E-state index in [1.54, 1.807) is 16.9 Å². The number of hydrogen-bond acceptors (Lipinski definition) is 5. The van der Waals surface area contributed by atoms with Crippen molar-refractivity contribution < 1.29 is 9.53 Å². The lowest BCUT2D eigenvalue weighted by atomic mass is 9.92. The van der Waals surface area contributed by atoms with Crippen LogP contribution in [0, 0.1) is 5.41 Å². The van der Waals surface area contributed by atoms with Gasteiger partial charge in [-0.2, -0.15) is 10.1 Å². The Balaban J connectivity index is 1.63. The summed E-state index contributed by atoms with van der Waals surface area (Å²) in [4.78, 5) is 21.7. The van der Waals surface area contributed by atoms with Gasteiger partial charge in [0, 0.05) is 25.7 Å². The Morgan fingerprint density at radius 1 is 1.21 bits per heavy atom. The predicted octanol–water partition coefficient (Wildman–Crippen LogP) is 3.53. The number of carbonyl (C=O) groups excluding carboxylic acids is 1. The van der Waals surface area contributed by atoms with Gasteiger partial charge in [0.25, 0.3) is 0 Å². The molecule has 29 heavy (non-hydrogen) atoms. The van der Waals surface area contributed by atoms with E-state index in [1.807, 2.05) is 62.7 Å². The highest BCUT2D eigenvalue weighted by Gasteiger charge is 2.21. The average molecular weight is 392 g/mol. The maximum atomic E-state index is 12.5. The molecule has 3 aromatic heterocycles. The van der Waals surface area contributed by atoms with E-state index in [4.69, 9.17) is 4.74 Å². The average Bonchev–Trinajstić information content (AvgIpc) is 3.14. The number of imidazole rings is 1. The number of ether oxygens (including phenoxy) is 1. The molecule has 0 aliphatic heterocycles. The van der Waals surface area contributed by atoms with Crippen molar-refractivity contribution in [1.29, 1.82) is 0 Å². The van der Waals surface area contributed by atoms with Crippen LogP contribution < -0.4 is 10.1 Å². The minimum Gasteiger partial charge on any atom is -0.471 e. The predicted molar refractivity (Wildman–Crippen MR) is 111 cm³/mol. The second-order valence-corrected chi connectivity index (χ2v) is 8.23. The summed E-state index contributed by atoms with van der Waals surface area (Å²) in [5.41, 5.74) is 3.07. The molecule has 0 spiro atoms. The summed E-state index contributed by atoms with van der Waals surface area (Å²) in [7, 11) is 1.87. The van der Waals surface area contributed by atoms with Crippen molar-refractivity contribution in [3.63, 3.8) is 0 Å². The first-order valence-electron chi connectivity index (χ1n) is 9.48. The Labute approximate surface area is 168 Å². The van der Waals surface area contributed by atoms with Crippen LogP contribution in [0.2, 0.25) is 0 Å². The van der Waals surface area contributed by atoms with Crippen molar-refractivity contribution in [2.24, 2.45) is 12.5 Å². The minimum absolute atomic E-state index is 0.0781. The molecule has 0 bridgehead atoms. The summed E-state index contributed by atoms with van der Waals surface area (Å²) in [5, 5.41) is 7.07. The molecular formula is C21H24N6O2. The van der Waals surface area contributed by atoms with Crippen molar-refractivity contribution in [3.8, 4) is 5.88 Å². The summed E-state index contributed by atoms with van der Waals surface area (Å²) < 4.78 is 9.44. The third kappa shape index (κ3) is 4.06. The topological polar surface area (TPSA) is 86.9 Å². The Hall–Kier alpha value is -3.42. The maximum absolute atomic E-state index is 12.5. The van der Waals surface area contributed by atoms with Gasteiger partial charge in [-0.1, -0.05) is 26.8 Å². The fraction of sp³-hybridized carbons (Fsp3) is 0.333. The number of fused-ring (bicyclic) bond motifs is 1. The molecule has 1 aliphatic rings. The number of nitrogens with zero attached hydrogens (tertiary/aromatic N) is 5. The van der Waals surface area contributed by atoms with Crippen LogP contribution in [0.3, 0.4) is 0 Å². The second kappa shape index (κ2) is 7.20. The van der Waals surface area contributed by atoms with E-state index in [9.17, 15) is 4.79 Å². The van der Waals surface area contributed by atoms with Gasteiger partial charge >= 0.3 is 0 Å². The Morgan fingerprint density at radius 3 is 2.62 bits per heavy atom. The van der Waals surface area contributed by atoms with E-state index in [2.05, 4.69) is 20.4 Å². The number of amides is 1. The molecule has 1 N–H and O–H groups in total. The lowest BCUT2D eigenvalue weighted by Crippen LogP contribution is -2.21. The number of hydrogen-bond donors (Lipinski definition) is 1. The number of rotatable bonds is 6. The monoisotopic (exact) mass is 392 g/mol. The summed E-state index contributed by atoms with van der Waals surface area (Å²) in [6.45, 7) is 6.45. The number of aryl methyl sites for hydroxylation is 1. The van der Waals surface area contributed by atoms with Gasteiger partial charge in [-0.05, 0) is 29.7 Å². The third-order valence-electron chi connectivity index (χ3n) is 4.50. The van der Waals surface area contributed by atoms with Gasteiger partial charge < -0.3 is 4.74 Å². The van der Waals surface area contributed by atoms with E-state index in [1.165, 1.54) is 0 Å². The second-order valence-electron chi connectivity index (χ2n) is 8.23. The molecule has 1 amide bonds. The zero-order valence-electron chi connectivity index (χ0n) is 17.0. The highest BCUT2D eigenvalue weighted by molar-refractivity contribution is 5.94. The van der Waals surface area contributed by atoms with E-state index < -0.39 is 0 Å². The van der Waals surface area contributed by atoms with Gasteiger partial charge in [0.15, 0.2) is 5.65 Å². The number of anilines is 1. The largest absolute Gasteiger partial charge is 0.471 e. The van der Waals surface area contributed by atoms with Gasteiger partial charge in [0.1, 0.15) is 12.1 Å². The molecule has 3 aromatic rings. The van der Waals surface area contributed by atoms with Crippen molar-refractivity contribution in [1.82, 2.24) is 24.3 Å². The molecule has 4 rings (SSSR count). The Bertz CT molecular complexity index is 1130. The molecule has 0 unspecified atom stereocenters. The first kappa shape index (κ1) is 18.9. The molecular weight excluding hydrogens is 368 g/mol. The zero-order valence-corrected chi connectivity index (χ0v) is 17.0. The first-order chi connectivity index (χ1) is 13.8. The number of aromatic nitrogens is 5. The maximum Gasteiger partial charge on any atom is 0.227 e. The smallest absolute Gasteiger partial charge is 0.227 e. The number of nitrogens with one attached hydrogen (secondary N) is 1. The minimum atomic E-state index is -0.109. The van der Waals surface area contributed by atoms with E-state index in [0.29, 0.717) is 36.0 Å². The quantitative estimate of drug-likeness (QED) is 0.693. The van der Waals surface area contributed by atoms with Crippen LogP contribution in [0.5, 0.6) is 5.88 Å². The van der Waals surface area contributed by atoms with Gasteiger partial charge in [-0.15, -0.1) is 0 Å². The summed E-state index contributed by atoms with van der Waals surface area (Å²) >= 11 is 0. The molecule has 8 heteroatoms. The molecule has 0 saturated carbocycles. The normalized spacial score (nSPS) is 13.3. The molecule has 0 fully saturated rings. The highest BCUT2D eigenvalue weighted by Crippen LogP contribution is 2.29. The number of allylic oxidation sites excluding steroid dienone is 4.